The van der Waals surface area contributed by atoms with Crippen LogP contribution in [0.4, 0.5) is 14.9 Å². The molecular formula is C23H27FN4O6S2. The number of anilines is 1. The van der Waals surface area contributed by atoms with Gasteiger partial charge in [0.15, 0.2) is 0 Å². The fraction of sp³-hybridized carbons (Fsp3) is 0.304. The maximum Gasteiger partial charge on any atom is 0.410 e. The van der Waals surface area contributed by atoms with Crippen LogP contribution in [0.3, 0.4) is 0 Å². The van der Waals surface area contributed by atoms with Crippen molar-refractivity contribution in [2.24, 2.45) is 0 Å². The van der Waals surface area contributed by atoms with E-state index >= 15 is 0 Å². The van der Waals surface area contributed by atoms with Crippen molar-refractivity contribution in [3.05, 3.63) is 66.4 Å². The molecule has 194 valence electrons. The van der Waals surface area contributed by atoms with Gasteiger partial charge in [-0.1, -0.05) is 12.1 Å². The van der Waals surface area contributed by atoms with Gasteiger partial charge in [0.05, 0.1) is 30.4 Å². The number of rotatable bonds is 7. The number of carbonyl (C=O) groups is 1. The Morgan fingerprint density at radius 1 is 1.14 bits per heavy atom. The molecule has 0 fully saturated rings. The normalized spacial score (nSPS) is 12.3. The summed E-state index contributed by atoms with van der Waals surface area (Å²) in [6.07, 6.45) is 3.79. The fourth-order valence-electron chi connectivity index (χ4n) is 3.27. The monoisotopic (exact) mass is 538 g/mol. The van der Waals surface area contributed by atoms with Gasteiger partial charge < -0.3 is 9.64 Å². The molecule has 10 nitrogen and oxygen atoms in total. The van der Waals surface area contributed by atoms with Crippen molar-refractivity contribution in [1.29, 1.82) is 0 Å². The number of halogens is 1. The Kier molecular flexibility index (Phi) is 7.46. The van der Waals surface area contributed by atoms with Gasteiger partial charge in [-0.05, 0) is 50.6 Å². The summed E-state index contributed by atoms with van der Waals surface area (Å²) in [5, 5.41) is 0. The largest absolute Gasteiger partial charge is 0.444 e. The highest BCUT2D eigenvalue weighted by Gasteiger charge is 2.26. The highest BCUT2D eigenvalue weighted by atomic mass is 32.2. The molecule has 13 heteroatoms. The molecule has 1 aromatic carbocycles. The summed E-state index contributed by atoms with van der Waals surface area (Å²) < 4.78 is 73.4. The molecule has 0 unspecified atom stereocenters. The minimum Gasteiger partial charge on any atom is -0.444 e. The molecule has 36 heavy (non-hydrogen) atoms. The average molecular weight is 539 g/mol. The van der Waals surface area contributed by atoms with E-state index in [4.69, 9.17) is 4.74 Å². The summed E-state index contributed by atoms with van der Waals surface area (Å²) in [4.78, 5) is 17.2. The van der Waals surface area contributed by atoms with Crippen molar-refractivity contribution in [2.75, 3.05) is 18.0 Å². The number of sulfonamides is 1. The molecule has 2 heterocycles. The third-order valence-electron chi connectivity index (χ3n) is 4.69. The van der Waals surface area contributed by atoms with Crippen molar-refractivity contribution < 1.29 is 30.8 Å². The molecule has 0 aliphatic rings. The minimum absolute atomic E-state index is 0.0159. The van der Waals surface area contributed by atoms with Crippen LogP contribution in [0.2, 0.25) is 0 Å². The van der Waals surface area contributed by atoms with Gasteiger partial charge in [-0.15, -0.1) is 0 Å². The Bertz CT molecular complexity index is 1490. The van der Waals surface area contributed by atoms with Gasteiger partial charge in [-0.2, -0.15) is 0 Å². The molecule has 3 aromatic rings. The van der Waals surface area contributed by atoms with Gasteiger partial charge in [-0.25, -0.2) is 30.0 Å². The first-order valence-electron chi connectivity index (χ1n) is 10.7. The van der Waals surface area contributed by atoms with Crippen molar-refractivity contribution in [1.82, 2.24) is 13.9 Å². The molecule has 0 aliphatic heterocycles. The number of nitrogens with one attached hydrogen (secondary N) is 1. The Labute approximate surface area is 209 Å². The van der Waals surface area contributed by atoms with E-state index in [0.717, 1.165) is 28.7 Å². The second-order valence-electron chi connectivity index (χ2n) is 9.13. The van der Waals surface area contributed by atoms with Crippen LogP contribution in [0.5, 0.6) is 0 Å². The van der Waals surface area contributed by atoms with Gasteiger partial charge in [0, 0.05) is 25.0 Å². The van der Waals surface area contributed by atoms with E-state index in [-0.39, 0.29) is 28.4 Å². The number of aromatic nitrogens is 2. The molecule has 0 aliphatic carbocycles. The van der Waals surface area contributed by atoms with E-state index < -0.39 is 37.6 Å². The fourth-order valence-corrected chi connectivity index (χ4v) is 5.19. The summed E-state index contributed by atoms with van der Waals surface area (Å²) in [5.41, 5.74) is -0.351. The molecular weight excluding hydrogens is 511 g/mol. The third kappa shape index (κ3) is 6.61. The number of carbonyl (C=O) groups excluding carboxylic acids is 1. The summed E-state index contributed by atoms with van der Waals surface area (Å²) >= 11 is 0. The van der Waals surface area contributed by atoms with E-state index in [1.165, 1.54) is 42.4 Å². The zero-order chi connectivity index (χ0) is 26.9. The van der Waals surface area contributed by atoms with Crippen LogP contribution in [0.15, 0.2) is 59.9 Å². The molecule has 1 amide bonds. The van der Waals surface area contributed by atoms with E-state index in [9.17, 15) is 26.0 Å². The molecule has 1 N–H and O–H groups in total. The molecule has 0 atom stereocenters. The average Bonchev–Trinajstić information content (AvgIpc) is 3.16. The van der Waals surface area contributed by atoms with Crippen molar-refractivity contribution >= 4 is 31.8 Å². The summed E-state index contributed by atoms with van der Waals surface area (Å²) in [6.45, 7) is 5.14. The first kappa shape index (κ1) is 27.1. The number of amides is 1. The second kappa shape index (κ2) is 9.90. The van der Waals surface area contributed by atoms with Crippen LogP contribution in [0, 0.1) is 5.82 Å². The quantitative estimate of drug-likeness (QED) is 0.486. The number of nitrogens with zero attached hydrogens (tertiary/aromatic N) is 3. The van der Waals surface area contributed by atoms with Crippen LogP contribution in [0.1, 0.15) is 26.3 Å². The molecule has 3 rings (SSSR count). The van der Waals surface area contributed by atoms with Crippen molar-refractivity contribution in [3.63, 3.8) is 0 Å². The maximum absolute atomic E-state index is 14.7. The summed E-state index contributed by atoms with van der Waals surface area (Å²) in [6, 6.07) is 8.24. The predicted molar refractivity (Wildman–Crippen MR) is 133 cm³/mol. The van der Waals surface area contributed by atoms with Crippen LogP contribution in [0.25, 0.3) is 11.3 Å². The molecule has 2 aromatic heterocycles. The van der Waals surface area contributed by atoms with E-state index in [1.807, 2.05) is 0 Å². The molecule has 0 bridgehead atoms. The Hall–Kier alpha value is -3.45. The van der Waals surface area contributed by atoms with Crippen LogP contribution in [-0.2, 0) is 31.3 Å². The summed E-state index contributed by atoms with van der Waals surface area (Å²) in [7, 11) is -6.55. The zero-order valence-electron chi connectivity index (χ0n) is 20.4. The first-order valence-corrected chi connectivity index (χ1v) is 14.0. The van der Waals surface area contributed by atoms with Crippen LogP contribution < -0.4 is 4.72 Å². The lowest BCUT2D eigenvalue weighted by Crippen LogP contribution is -2.33. The number of hydrogen-bond acceptors (Lipinski definition) is 7. The van der Waals surface area contributed by atoms with Crippen LogP contribution in [-0.4, -0.2) is 55.7 Å². The minimum atomic E-state index is -4.36. The van der Waals surface area contributed by atoms with Crippen LogP contribution >= 0.6 is 0 Å². The van der Waals surface area contributed by atoms with Gasteiger partial charge in [0.2, 0.25) is 10.0 Å². The number of hydrogen-bond donors (Lipinski definition) is 1. The highest BCUT2D eigenvalue weighted by molar-refractivity contribution is 7.92. The Morgan fingerprint density at radius 2 is 1.81 bits per heavy atom. The number of pyridine rings is 1. The van der Waals surface area contributed by atoms with Gasteiger partial charge >= 0.3 is 6.09 Å². The standard InChI is InChI=1S/C23H27FN4O6S2/c1-23(2,3)34-22(29)27(4)14-16-10-21(19-8-6-7-9-20(19)24)28(15-16)36(32,33)18-11-17(12-25-13-18)26-35(5,30)31/h6-13,15,26H,14H2,1-5H3. The topological polar surface area (TPSA) is 128 Å². The van der Waals surface area contributed by atoms with Gasteiger partial charge in [0.1, 0.15) is 16.3 Å². The van der Waals surface area contributed by atoms with Crippen molar-refractivity contribution in [3.8, 4) is 11.3 Å². The smallest absolute Gasteiger partial charge is 0.410 e. The van der Waals surface area contributed by atoms with E-state index in [1.54, 1.807) is 26.8 Å². The molecule has 0 spiro atoms. The van der Waals surface area contributed by atoms with Gasteiger partial charge in [-0.3, -0.25) is 9.71 Å². The zero-order valence-corrected chi connectivity index (χ0v) is 22.0. The molecule has 0 saturated carbocycles. The highest BCUT2D eigenvalue weighted by Crippen LogP contribution is 2.30. The Morgan fingerprint density at radius 3 is 2.42 bits per heavy atom. The van der Waals surface area contributed by atoms with E-state index in [2.05, 4.69) is 9.71 Å². The lowest BCUT2D eigenvalue weighted by Gasteiger charge is -2.24. The lowest BCUT2D eigenvalue weighted by atomic mass is 10.1. The lowest BCUT2D eigenvalue weighted by molar-refractivity contribution is 0.0285. The first-order chi connectivity index (χ1) is 16.6. The maximum atomic E-state index is 14.7. The number of ether oxygens (including phenoxy) is 1. The second-order valence-corrected chi connectivity index (χ2v) is 12.7. The van der Waals surface area contributed by atoms with Crippen molar-refractivity contribution in [2.45, 2.75) is 37.8 Å². The molecule has 0 saturated heterocycles. The SMILES string of the molecule is CN(Cc1cc(-c2ccccc2F)n(S(=O)(=O)c2cncc(NS(C)(=O)=O)c2)c1)C(=O)OC(C)(C)C. The predicted octanol–water partition coefficient (Wildman–Crippen LogP) is 3.66. The van der Waals surface area contributed by atoms with Gasteiger partial charge in [0.25, 0.3) is 10.0 Å². The molecule has 0 radical (unpaired) electrons. The summed E-state index contributed by atoms with van der Waals surface area (Å²) in [5.74, 6) is -0.648. The van der Waals surface area contributed by atoms with E-state index in [0.29, 0.717) is 5.56 Å². The number of benzene rings is 1. The third-order valence-corrected chi connectivity index (χ3v) is 6.94. The Balaban J connectivity index is 2.09.